The van der Waals surface area contributed by atoms with Gasteiger partial charge in [-0.15, -0.1) is 11.8 Å². The summed E-state index contributed by atoms with van der Waals surface area (Å²) in [6, 6.07) is 5.49. The van der Waals surface area contributed by atoms with E-state index in [2.05, 4.69) is 0 Å². The van der Waals surface area contributed by atoms with Crippen LogP contribution in [0.4, 0.5) is 5.69 Å². The van der Waals surface area contributed by atoms with E-state index in [1.165, 1.54) is 0 Å². The lowest BCUT2D eigenvalue weighted by Gasteiger charge is -2.04. The second-order valence-corrected chi connectivity index (χ2v) is 5.29. The summed E-state index contributed by atoms with van der Waals surface area (Å²) in [5.74, 6) is 0.225. The average Bonchev–Trinajstić information content (AvgIpc) is 2.25. The van der Waals surface area contributed by atoms with Crippen LogP contribution in [0, 0.1) is 0 Å². The lowest BCUT2D eigenvalue weighted by Crippen LogP contribution is -1.94. The number of halogens is 1. The minimum atomic E-state index is -0.723. The molecule has 1 rings (SSSR count). The number of carbonyl (C=O) groups is 1. The lowest BCUT2D eigenvalue weighted by molar-refractivity contribution is -0.137. The molecule has 1 aromatic carbocycles. The van der Waals surface area contributed by atoms with Crippen molar-refractivity contribution in [2.75, 3.05) is 11.5 Å². The number of thioether (sulfide) groups is 1. The Balaban J connectivity index is 2.20. The standard InChI is InChI=1S/C12H16ClNO2S/c13-10-8-9(14)5-6-11(10)17-7-3-1-2-4-12(15)16/h5-6,8H,1-4,7,14H2,(H,15,16). The van der Waals surface area contributed by atoms with Gasteiger partial charge in [-0.25, -0.2) is 0 Å². The van der Waals surface area contributed by atoms with E-state index in [0.717, 1.165) is 29.9 Å². The van der Waals surface area contributed by atoms with Crippen LogP contribution in [-0.2, 0) is 4.79 Å². The van der Waals surface area contributed by atoms with Crippen molar-refractivity contribution >= 4 is 35.0 Å². The van der Waals surface area contributed by atoms with Gasteiger partial charge in [0.1, 0.15) is 0 Å². The smallest absolute Gasteiger partial charge is 0.303 e. The van der Waals surface area contributed by atoms with Gasteiger partial charge < -0.3 is 10.8 Å². The molecule has 0 amide bonds. The largest absolute Gasteiger partial charge is 0.481 e. The molecule has 0 aromatic heterocycles. The SMILES string of the molecule is Nc1ccc(SCCCCCC(=O)O)c(Cl)c1. The molecule has 1 aromatic rings. The van der Waals surface area contributed by atoms with Crippen LogP contribution in [0.3, 0.4) is 0 Å². The van der Waals surface area contributed by atoms with E-state index in [9.17, 15) is 4.79 Å². The Morgan fingerprint density at radius 2 is 2.12 bits per heavy atom. The summed E-state index contributed by atoms with van der Waals surface area (Å²) in [5, 5.41) is 9.16. The van der Waals surface area contributed by atoms with E-state index in [0.29, 0.717) is 10.7 Å². The van der Waals surface area contributed by atoms with Crippen molar-refractivity contribution < 1.29 is 9.90 Å². The third-order valence-corrected chi connectivity index (χ3v) is 3.83. The number of rotatable bonds is 7. The van der Waals surface area contributed by atoms with Crippen LogP contribution in [0.1, 0.15) is 25.7 Å². The monoisotopic (exact) mass is 273 g/mol. The quantitative estimate of drug-likeness (QED) is 0.452. The van der Waals surface area contributed by atoms with Gasteiger partial charge in [-0.1, -0.05) is 18.0 Å². The highest BCUT2D eigenvalue weighted by atomic mass is 35.5. The molecule has 94 valence electrons. The minimum Gasteiger partial charge on any atom is -0.481 e. The highest BCUT2D eigenvalue weighted by molar-refractivity contribution is 7.99. The summed E-state index contributed by atoms with van der Waals surface area (Å²) in [6.45, 7) is 0. The second-order valence-electron chi connectivity index (χ2n) is 3.74. The molecule has 0 saturated heterocycles. The molecule has 3 nitrogen and oxygen atoms in total. The van der Waals surface area contributed by atoms with Gasteiger partial charge in [-0.2, -0.15) is 0 Å². The maximum Gasteiger partial charge on any atom is 0.303 e. The predicted molar refractivity (Wildman–Crippen MR) is 72.7 cm³/mol. The molecular formula is C12H16ClNO2S. The number of hydrogen-bond acceptors (Lipinski definition) is 3. The third-order valence-electron chi connectivity index (χ3n) is 2.25. The van der Waals surface area contributed by atoms with Gasteiger partial charge in [0, 0.05) is 17.0 Å². The summed E-state index contributed by atoms with van der Waals surface area (Å²) in [4.78, 5) is 11.3. The van der Waals surface area contributed by atoms with Gasteiger partial charge in [0.15, 0.2) is 0 Å². The Kier molecular flexibility index (Phi) is 6.22. The number of anilines is 1. The molecule has 3 N–H and O–H groups in total. The van der Waals surface area contributed by atoms with E-state index in [1.54, 1.807) is 17.8 Å². The number of carboxylic acid groups (broad SMARTS) is 1. The van der Waals surface area contributed by atoms with Crippen LogP contribution >= 0.6 is 23.4 Å². The molecule has 0 atom stereocenters. The average molecular weight is 274 g/mol. The van der Waals surface area contributed by atoms with Gasteiger partial charge in [-0.05, 0) is 36.8 Å². The fourth-order valence-corrected chi connectivity index (χ4v) is 2.65. The van der Waals surface area contributed by atoms with E-state index in [-0.39, 0.29) is 6.42 Å². The predicted octanol–water partition coefficient (Wildman–Crippen LogP) is 3.66. The highest BCUT2D eigenvalue weighted by Crippen LogP contribution is 2.29. The zero-order chi connectivity index (χ0) is 12.7. The van der Waals surface area contributed by atoms with E-state index < -0.39 is 5.97 Å². The number of nitrogen functional groups attached to an aromatic ring is 1. The van der Waals surface area contributed by atoms with Crippen molar-refractivity contribution in [1.29, 1.82) is 0 Å². The first kappa shape index (κ1) is 14.2. The van der Waals surface area contributed by atoms with E-state index in [1.807, 2.05) is 12.1 Å². The molecule has 5 heteroatoms. The third kappa shape index (κ3) is 5.84. The molecule has 0 bridgehead atoms. The molecule has 0 spiro atoms. The summed E-state index contributed by atoms with van der Waals surface area (Å²) >= 11 is 7.71. The van der Waals surface area contributed by atoms with Gasteiger partial charge in [0.25, 0.3) is 0 Å². The van der Waals surface area contributed by atoms with Gasteiger partial charge >= 0.3 is 5.97 Å². The van der Waals surface area contributed by atoms with Crippen LogP contribution in [-0.4, -0.2) is 16.8 Å². The lowest BCUT2D eigenvalue weighted by atomic mass is 10.2. The Morgan fingerprint density at radius 3 is 2.76 bits per heavy atom. The molecule has 0 saturated carbocycles. The van der Waals surface area contributed by atoms with E-state index >= 15 is 0 Å². The summed E-state index contributed by atoms with van der Waals surface area (Å²) in [5.41, 5.74) is 6.27. The molecule has 0 unspecified atom stereocenters. The Bertz CT molecular complexity index is 385. The van der Waals surface area contributed by atoms with Crippen LogP contribution < -0.4 is 5.73 Å². The van der Waals surface area contributed by atoms with Crippen LogP contribution in [0.25, 0.3) is 0 Å². The van der Waals surface area contributed by atoms with Gasteiger partial charge in [0.05, 0.1) is 5.02 Å². The van der Waals surface area contributed by atoms with Gasteiger partial charge in [0.2, 0.25) is 0 Å². The zero-order valence-electron chi connectivity index (χ0n) is 9.49. The first-order chi connectivity index (χ1) is 8.09. The highest BCUT2D eigenvalue weighted by Gasteiger charge is 2.01. The van der Waals surface area contributed by atoms with Crippen molar-refractivity contribution in [1.82, 2.24) is 0 Å². The zero-order valence-corrected chi connectivity index (χ0v) is 11.1. The fourth-order valence-electron chi connectivity index (χ4n) is 1.37. The number of carboxylic acids is 1. The second kappa shape index (κ2) is 7.45. The summed E-state index contributed by atoms with van der Waals surface area (Å²) < 4.78 is 0. The molecule has 0 aliphatic heterocycles. The van der Waals surface area contributed by atoms with Crippen molar-refractivity contribution in [3.05, 3.63) is 23.2 Å². The Hall–Kier alpha value is -0.870. The van der Waals surface area contributed by atoms with Crippen molar-refractivity contribution in [3.8, 4) is 0 Å². The number of hydrogen-bond donors (Lipinski definition) is 2. The van der Waals surface area contributed by atoms with Crippen LogP contribution in [0.15, 0.2) is 23.1 Å². The topological polar surface area (TPSA) is 63.3 Å². The number of unbranched alkanes of at least 4 members (excludes halogenated alkanes) is 2. The summed E-state index contributed by atoms with van der Waals surface area (Å²) in [7, 11) is 0. The van der Waals surface area contributed by atoms with Crippen molar-refractivity contribution in [2.45, 2.75) is 30.6 Å². The van der Waals surface area contributed by atoms with E-state index in [4.69, 9.17) is 22.4 Å². The molecule has 0 aliphatic rings. The fraction of sp³-hybridized carbons (Fsp3) is 0.417. The first-order valence-electron chi connectivity index (χ1n) is 5.49. The normalized spacial score (nSPS) is 10.4. The minimum absolute atomic E-state index is 0.257. The molecule has 0 aliphatic carbocycles. The Labute approximate surface area is 110 Å². The number of nitrogens with two attached hydrogens (primary N) is 1. The van der Waals surface area contributed by atoms with Crippen LogP contribution in [0.2, 0.25) is 5.02 Å². The number of benzene rings is 1. The maximum atomic E-state index is 10.3. The molecule has 0 fully saturated rings. The maximum absolute atomic E-state index is 10.3. The van der Waals surface area contributed by atoms with Gasteiger partial charge in [-0.3, -0.25) is 4.79 Å². The van der Waals surface area contributed by atoms with Crippen LogP contribution in [0.5, 0.6) is 0 Å². The Morgan fingerprint density at radius 1 is 1.35 bits per heavy atom. The molecule has 0 radical (unpaired) electrons. The number of aliphatic carboxylic acids is 1. The molecule has 17 heavy (non-hydrogen) atoms. The summed E-state index contributed by atoms with van der Waals surface area (Å²) in [6.07, 6.45) is 2.93. The van der Waals surface area contributed by atoms with Crippen molar-refractivity contribution in [2.24, 2.45) is 0 Å². The molecule has 0 heterocycles. The first-order valence-corrected chi connectivity index (χ1v) is 6.85. The van der Waals surface area contributed by atoms with Crippen molar-refractivity contribution in [3.63, 3.8) is 0 Å². The molecular weight excluding hydrogens is 258 g/mol.